The lowest BCUT2D eigenvalue weighted by molar-refractivity contribution is -0.130. The fourth-order valence-electron chi connectivity index (χ4n) is 2.72. The molecule has 0 spiro atoms. The number of carbonyl (C=O) groups excluding carboxylic acids is 1. The lowest BCUT2D eigenvalue weighted by Crippen LogP contribution is -2.41. The predicted molar refractivity (Wildman–Crippen MR) is 109 cm³/mol. The lowest BCUT2D eigenvalue weighted by Gasteiger charge is -2.23. The van der Waals surface area contributed by atoms with Crippen LogP contribution < -0.4 is 4.74 Å². The summed E-state index contributed by atoms with van der Waals surface area (Å²) in [4.78, 5) is 19.3. The Morgan fingerprint density at radius 1 is 1.31 bits per heavy atom. The Hall–Kier alpha value is -1.98. The highest BCUT2D eigenvalue weighted by molar-refractivity contribution is 8.14. The van der Waals surface area contributed by atoms with Gasteiger partial charge in [0.05, 0.1) is 5.69 Å². The number of hydrogen-bond donors (Lipinski definition) is 0. The fraction of sp³-hybridized carbons (Fsp3) is 0.300. The number of ether oxygens (including phenoxy) is 1. The maximum Gasteiger partial charge on any atom is 0.266 e. The van der Waals surface area contributed by atoms with Gasteiger partial charge in [-0.15, -0.1) is 0 Å². The van der Waals surface area contributed by atoms with Crippen LogP contribution in [0.1, 0.15) is 18.9 Å². The van der Waals surface area contributed by atoms with Crippen LogP contribution in [-0.4, -0.2) is 34.4 Å². The van der Waals surface area contributed by atoms with Gasteiger partial charge in [0.25, 0.3) is 5.91 Å². The topological polar surface area (TPSA) is 41.9 Å². The predicted octanol–water partition coefficient (Wildman–Crippen LogP) is 5.07. The van der Waals surface area contributed by atoms with E-state index in [9.17, 15) is 4.79 Å². The highest BCUT2D eigenvalue weighted by Crippen LogP contribution is 2.29. The van der Waals surface area contributed by atoms with E-state index in [2.05, 4.69) is 6.92 Å². The summed E-state index contributed by atoms with van der Waals surface area (Å²) < 4.78 is 5.63. The molecular weight excluding hydrogens is 368 g/mol. The van der Waals surface area contributed by atoms with Crippen molar-refractivity contribution in [3.63, 3.8) is 0 Å². The van der Waals surface area contributed by atoms with Crippen LogP contribution in [0.25, 0.3) is 0 Å². The third kappa shape index (κ3) is 4.59. The number of amides is 1. The summed E-state index contributed by atoms with van der Waals surface area (Å²) in [5, 5.41) is 1.38. The number of carbonyl (C=O) groups is 1. The first-order chi connectivity index (χ1) is 12.6. The average molecular weight is 389 g/mol. The minimum atomic E-state index is -0.0804. The summed E-state index contributed by atoms with van der Waals surface area (Å²) in [7, 11) is 0. The smallest absolute Gasteiger partial charge is 0.266 e. The molecule has 1 atom stereocenters. The first-order valence-electron chi connectivity index (χ1n) is 8.55. The van der Waals surface area contributed by atoms with Crippen LogP contribution in [0.4, 0.5) is 5.69 Å². The van der Waals surface area contributed by atoms with Crippen molar-refractivity contribution in [1.29, 1.82) is 0 Å². The van der Waals surface area contributed by atoms with Crippen molar-refractivity contribution in [2.75, 3.05) is 12.4 Å². The Bertz CT molecular complexity index is 808. The number of aliphatic imine (C=N–C) groups is 1. The lowest BCUT2D eigenvalue weighted by atomic mass is 10.2. The van der Waals surface area contributed by atoms with Gasteiger partial charge in [0.15, 0.2) is 11.8 Å². The van der Waals surface area contributed by atoms with Crippen molar-refractivity contribution < 1.29 is 9.53 Å². The van der Waals surface area contributed by atoms with Crippen LogP contribution in [0.5, 0.6) is 5.75 Å². The molecule has 6 heteroatoms. The van der Waals surface area contributed by atoms with Gasteiger partial charge < -0.3 is 4.74 Å². The zero-order chi connectivity index (χ0) is 18.5. The number of amidine groups is 1. The number of rotatable bonds is 5. The molecule has 0 aromatic heterocycles. The Balaban J connectivity index is 1.74. The molecule has 0 aliphatic carbocycles. The third-order valence-electron chi connectivity index (χ3n) is 4.12. The van der Waals surface area contributed by atoms with Crippen molar-refractivity contribution in [3.05, 3.63) is 59.1 Å². The van der Waals surface area contributed by atoms with Gasteiger partial charge in [-0.25, -0.2) is 4.99 Å². The average Bonchev–Trinajstić information content (AvgIpc) is 3.03. The Morgan fingerprint density at radius 3 is 2.77 bits per heavy atom. The van der Waals surface area contributed by atoms with E-state index in [1.807, 2.05) is 31.2 Å². The van der Waals surface area contributed by atoms with Crippen LogP contribution in [0, 0.1) is 6.92 Å². The minimum Gasteiger partial charge on any atom is -0.484 e. The molecule has 26 heavy (non-hydrogen) atoms. The van der Waals surface area contributed by atoms with Gasteiger partial charge in [0.2, 0.25) is 0 Å². The monoisotopic (exact) mass is 388 g/mol. The summed E-state index contributed by atoms with van der Waals surface area (Å²) in [6.45, 7) is 4.09. The summed E-state index contributed by atoms with van der Waals surface area (Å²) in [5.41, 5.74) is 2.01. The van der Waals surface area contributed by atoms with Crippen LogP contribution in [0.2, 0.25) is 5.02 Å². The van der Waals surface area contributed by atoms with Gasteiger partial charge in [-0.2, -0.15) is 0 Å². The van der Waals surface area contributed by atoms with Gasteiger partial charge in [0.1, 0.15) is 5.75 Å². The molecule has 1 amide bonds. The van der Waals surface area contributed by atoms with Crippen LogP contribution in [0.15, 0.2) is 53.5 Å². The molecule has 1 aliphatic heterocycles. The molecule has 0 unspecified atom stereocenters. The van der Waals surface area contributed by atoms with E-state index >= 15 is 0 Å². The van der Waals surface area contributed by atoms with E-state index < -0.39 is 0 Å². The van der Waals surface area contributed by atoms with E-state index in [1.165, 1.54) is 0 Å². The number of benzene rings is 2. The van der Waals surface area contributed by atoms with Crippen molar-refractivity contribution in [2.24, 2.45) is 4.99 Å². The highest BCUT2D eigenvalue weighted by atomic mass is 35.5. The van der Waals surface area contributed by atoms with Crippen molar-refractivity contribution >= 4 is 40.1 Å². The summed E-state index contributed by atoms with van der Waals surface area (Å²) in [6.07, 6.45) is 0.881. The molecule has 4 nitrogen and oxygen atoms in total. The molecule has 2 aromatic carbocycles. The second-order valence-corrected chi connectivity index (χ2v) is 7.54. The highest BCUT2D eigenvalue weighted by Gasteiger charge is 2.34. The van der Waals surface area contributed by atoms with Gasteiger partial charge >= 0.3 is 0 Å². The zero-order valence-electron chi connectivity index (χ0n) is 14.8. The number of hydrogen-bond acceptors (Lipinski definition) is 4. The molecule has 1 heterocycles. The molecule has 1 aliphatic rings. The molecule has 0 N–H and O–H groups in total. The Labute approximate surface area is 163 Å². The molecule has 1 fully saturated rings. The van der Waals surface area contributed by atoms with Gasteiger partial charge in [0, 0.05) is 16.8 Å². The second-order valence-electron chi connectivity index (χ2n) is 6.11. The van der Waals surface area contributed by atoms with Crippen molar-refractivity contribution in [1.82, 2.24) is 4.90 Å². The van der Waals surface area contributed by atoms with E-state index in [-0.39, 0.29) is 18.6 Å². The number of aryl methyl sites for hydroxylation is 1. The molecule has 0 saturated carbocycles. The minimum absolute atomic E-state index is 0.0223. The second kappa shape index (κ2) is 8.60. The van der Waals surface area contributed by atoms with Crippen LogP contribution in [-0.2, 0) is 4.79 Å². The summed E-state index contributed by atoms with van der Waals surface area (Å²) >= 11 is 7.49. The van der Waals surface area contributed by atoms with E-state index in [4.69, 9.17) is 21.3 Å². The largest absolute Gasteiger partial charge is 0.484 e. The Kier molecular flexibility index (Phi) is 6.22. The van der Waals surface area contributed by atoms with Crippen molar-refractivity contribution in [2.45, 2.75) is 26.3 Å². The van der Waals surface area contributed by atoms with Crippen LogP contribution >= 0.6 is 23.4 Å². The molecule has 136 valence electrons. The number of thioether (sulfide) groups is 1. The SMILES string of the molecule is CC[C@H]1CSC(=Nc2cccc(C)c2)N1C(=O)COc1ccc(Cl)cc1. The third-order valence-corrected chi connectivity index (χ3v) is 5.47. The molecule has 2 aromatic rings. The molecule has 1 saturated heterocycles. The molecule has 0 radical (unpaired) electrons. The molecule has 3 rings (SSSR count). The maximum atomic E-state index is 12.8. The Morgan fingerprint density at radius 2 is 2.08 bits per heavy atom. The zero-order valence-corrected chi connectivity index (χ0v) is 16.4. The van der Waals surface area contributed by atoms with Crippen molar-refractivity contribution in [3.8, 4) is 5.75 Å². The van der Waals surface area contributed by atoms with Gasteiger partial charge in [-0.05, 0) is 55.3 Å². The molecular formula is C20H21ClN2O2S. The fourth-order valence-corrected chi connectivity index (χ4v) is 4.13. The number of halogens is 1. The summed E-state index contributed by atoms with van der Waals surface area (Å²) in [6, 6.07) is 15.1. The van der Waals surface area contributed by atoms with E-state index in [0.717, 1.165) is 28.6 Å². The quantitative estimate of drug-likeness (QED) is 0.718. The number of nitrogens with zero attached hydrogens (tertiary/aromatic N) is 2. The molecule has 0 bridgehead atoms. The normalized spacial score (nSPS) is 18.3. The van der Waals surface area contributed by atoms with Gasteiger partial charge in [-0.3, -0.25) is 9.69 Å². The first-order valence-corrected chi connectivity index (χ1v) is 9.91. The standard InChI is InChI=1S/C20H21ClN2O2S/c1-3-17-13-26-20(22-16-6-4-5-14(2)11-16)23(17)19(24)12-25-18-9-7-15(21)8-10-18/h4-11,17H,3,12-13H2,1-2H3/t17-/m0/s1. The van der Waals surface area contributed by atoms with E-state index in [0.29, 0.717) is 10.8 Å². The van der Waals surface area contributed by atoms with Gasteiger partial charge in [-0.1, -0.05) is 42.4 Å². The summed E-state index contributed by atoms with van der Waals surface area (Å²) in [5.74, 6) is 1.40. The first kappa shape index (κ1) is 18.8. The van der Waals surface area contributed by atoms with E-state index in [1.54, 1.807) is 40.9 Å². The maximum absolute atomic E-state index is 12.8. The van der Waals surface area contributed by atoms with Crippen LogP contribution in [0.3, 0.4) is 0 Å².